The van der Waals surface area contributed by atoms with E-state index in [0.29, 0.717) is 13.2 Å². The predicted molar refractivity (Wildman–Crippen MR) is 63.6 cm³/mol. The molecule has 5 heteroatoms. The minimum Gasteiger partial charge on any atom is -0.481 e. The fourth-order valence-corrected chi connectivity index (χ4v) is 1.88. The van der Waals surface area contributed by atoms with Crippen LogP contribution in [0.3, 0.4) is 0 Å². The van der Waals surface area contributed by atoms with Crippen molar-refractivity contribution < 1.29 is 24.2 Å². The van der Waals surface area contributed by atoms with Gasteiger partial charge in [0.2, 0.25) is 0 Å². The maximum absolute atomic E-state index is 11.2. The lowest BCUT2D eigenvalue weighted by molar-refractivity contribution is -0.140. The van der Waals surface area contributed by atoms with E-state index in [0.717, 1.165) is 0 Å². The van der Waals surface area contributed by atoms with Crippen LogP contribution >= 0.6 is 0 Å². The van der Waals surface area contributed by atoms with Crippen LogP contribution in [0.4, 0.5) is 0 Å². The monoisotopic (exact) mass is 254 g/mol. The van der Waals surface area contributed by atoms with Crippen LogP contribution in [-0.4, -0.2) is 36.9 Å². The van der Waals surface area contributed by atoms with Gasteiger partial charge in [0, 0.05) is 18.4 Å². The van der Waals surface area contributed by atoms with Gasteiger partial charge >= 0.3 is 11.9 Å². The zero-order valence-electron chi connectivity index (χ0n) is 10.9. The summed E-state index contributed by atoms with van der Waals surface area (Å²) in [5.41, 5.74) is -0.371. The molecule has 0 aromatic carbocycles. The van der Waals surface area contributed by atoms with Crippen molar-refractivity contribution in [1.29, 1.82) is 0 Å². The molecule has 0 heterocycles. The Kier molecular flexibility index (Phi) is 4.74. The van der Waals surface area contributed by atoms with Crippen molar-refractivity contribution in [3.8, 4) is 11.8 Å². The van der Waals surface area contributed by atoms with Crippen molar-refractivity contribution in [2.45, 2.75) is 20.8 Å². The molecule has 0 bridgehead atoms. The molecule has 0 aromatic heterocycles. The predicted octanol–water partition coefficient (Wildman–Crippen LogP) is 0.926. The van der Waals surface area contributed by atoms with Gasteiger partial charge in [0.05, 0.1) is 12.5 Å². The van der Waals surface area contributed by atoms with E-state index in [1.165, 1.54) is 0 Å². The van der Waals surface area contributed by atoms with Crippen molar-refractivity contribution in [2.75, 3.05) is 19.8 Å². The van der Waals surface area contributed by atoms with Gasteiger partial charge in [-0.3, -0.25) is 4.79 Å². The molecule has 0 aliphatic heterocycles. The van der Waals surface area contributed by atoms with Crippen LogP contribution in [0.1, 0.15) is 20.8 Å². The van der Waals surface area contributed by atoms with Crippen molar-refractivity contribution in [3.63, 3.8) is 0 Å². The number of carbonyl (C=O) groups is 2. The van der Waals surface area contributed by atoms with Crippen molar-refractivity contribution >= 4 is 11.9 Å². The number of carbonyl (C=O) groups excluding carboxylic acids is 1. The Morgan fingerprint density at radius 1 is 1.33 bits per heavy atom. The van der Waals surface area contributed by atoms with Gasteiger partial charge in [0.25, 0.3) is 0 Å². The molecule has 1 rings (SSSR count). The van der Waals surface area contributed by atoms with E-state index in [1.54, 1.807) is 0 Å². The highest BCUT2D eigenvalue weighted by molar-refractivity contribution is 5.89. The first-order valence-electron chi connectivity index (χ1n) is 5.90. The lowest BCUT2D eigenvalue weighted by atomic mass is 10.1. The van der Waals surface area contributed by atoms with Crippen LogP contribution < -0.4 is 0 Å². The first kappa shape index (κ1) is 14.5. The summed E-state index contributed by atoms with van der Waals surface area (Å²) in [4.78, 5) is 22.1. The number of aliphatic carboxylic acids is 1. The molecule has 1 aliphatic carbocycles. The number of hydrogen-bond donors (Lipinski definition) is 1. The number of rotatable bonds is 5. The molecular formula is C13H18O5. The zero-order valence-corrected chi connectivity index (χ0v) is 10.9. The Bertz CT molecular complexity index is 388. The van der Waals surface area contributed by atoms with Crippen molar-refractivity contribution in [3.05, 3.63) is 0 Å². The second-order valence-corrected chi connectivity index (χ2v) is 4.72. The Balaban J connectivity index is 2.38. The number of hydrogen-bond acceptors (Lipinski definition) is 4. The molecule has 2 unspecified atom stereocenters. The molecule has 0 amide bonds. The van der Waals surface area contributed by atoms with Crippen LogP contribution in [0.15, 0.2) is 0 Å². The van der Waals surface area contributed by atoms with E-state index in [-0.39, 0.29) is 17.9 Å². The molecule has 0 aromatic rings. The molecule has 1 fully saturated rings. The standard InChI is InChI=1S/C13H18O5/c1-4-17-7-8-18-10(14)6-5-9-11(12(15)16)13(9,2)3/h9,11H,4,7-8H2,1-3H3,(H,15,16). The van der Waals surface area contributed by atoms with E-state index in [9.17, 15) is 9.59 Å². The number of carboxylic acid groups (broad SMARTS) is 1. The Labute approximate surface area is 106 Å². The third-order valence-corrected chi connectivity index (χ3v) is 3.09. The summed E-state index contributed by atoms with van der Waals surface area (Å²) in [5.74, 6) is 2.71. The highest BCUT2D eigenvalue weighted by atomic mass is 16.6. The minimum absolute atomic E-state index is 0.164. The third kappa shape index (κ3) is 3.47. The van der Waals surface area contributed by atoms with Crippen LogP contribution in [0, 0.1) is 29.1 Å². The number of carboxylic acids is 1. The molecule has 5 nitrogen and oxygen atoms in total. The van der Waals surface area contributed by atoms with E-state index in [4.69, 9.17) is 14.6 Å². The number of esters is 1. The summed E-state index contributed by atoms with van der Waals surface area (Å²) in [5, 5.41) is 8.92. The molecule has 1 N–H and O–H groups in total. The van der Waals surface area contributed by atoms with Gasteiger partial charge in [0.15, 0.2) is 0 Å². The van der Waals surface area contributed by atoms with E-state index in [1.807, 2.05) is 20.8 Å². The highest BCUT2D eigenvalue weighted by Gasteiger charge is 2.61. The summed E-state index contributed by atoms with van der Waals surface area (Å²) in [7, 11) is 0. The molecule has 2 atom stereocenters. The maximum atomic E-state index is 11.2. The molecule has 1 aliphatic rings. The van der Waals surface area contributed by atoms with Crippen LogP contribution in [0.2, 0.25) is 0 Å². The van der Waals surface area contributed by atoms with Gasteiger partial charge in [-0.05, 0) is 12.3 Å². The highest BCUT2D eigenvalue weighted by Crippen LogP contribution is 2.57. The van der Waals surface area contributed by atoms with Gasteiger partial charge in [0.1, 0.15) is 6.61 Å². The summed E-state index contributed by atoms with van der Waals surface area (Å²) in [6.07, 6.45) is 0. The topological polar surface area (TPSA) is 72.8 Å². The maximum Gasteiger partial charge on any atom is 0.384 e. The minimum atomic E-state index is -0.871. The molecule has 0 spiro atoms. The molecule has 18 heavy (non-hydrogen) atoms. The Morgan fingerprint density at radius 2 is 2.00 bits per heavy atom. The van der Waals surface area contributed by atoms with E-state index < -0.39 is 17.9 Å². The summed E-state index contributed by atoms with van der Waals surface area (Å²) < 4.78 is 9.80. The number of ether oxygens (including phenoxy) is 2. The quantitative estimate of drug-likeness (QED) is 0.342. The average Bonchev–Trinajstić information content (AvgIpc) is 2.84. The Hall–Kier alpha value is -1.54. The Morgan fingerprint density at radius 3 is 2.50 bits per heavy atom. The SMILES string of the molecule is CCOCCOC(=O)C#CC1C(C(=O)O)C1(C)C. The van der Waals surface area contributed by atoms with Gasteiger partial charge in [-0.1, -0.05) is 19.8 Å². The lowest BCUT2D eigenvalue weighted by Crippen LogP contribution is -2.08. The molecule has 1 saturated carbocycles. The normalized spacial score (nSPS) is 23.7. The molecule has 0 saturated heterocycles. The first-order valence-corrected chi connectivity index (χ1v) is 5.90. The fraction of sp³-hybridized carbons (Fsp3) is 0.692. The summed E-state index contributed by atoms with van der Waals surface area (Å²) >= 11 is 0. The van der Waals surface area contributed by atoms with Gasteiger partial charge in [-0.2, -0.15) is 0 Å². The summed E-state index contributed by atoms with van der Waals surface area (Å²) in [6.45, 7) is 6.58. The van der Waals surface area contributed by atoms with Gasteiger partial charge < -0.3 is 14.6 Å². The second-order valence-electron chi connectivity index (χ2n) is 4.72. The van der Waals surface area contributed by atoms with Crippen LogP contribution in [-0.2, 0) is 19.1 Å². The fourth-order valence-electron chi connectivity index (χ4n) is 1.88. The molecular weight excluding hydrogens is 236 g/mol. The van der Waals surface area contributed by atoms with Crippen molar-refractivity contribution in [2.24, 2.45) is 17.3 Å². The lowest BCUT2D eigenvalue weighted by Gasteiger charge is -2.00. The largest absolute Gasteiger partial charge is 0.481 e. The smallest absolute Gasteiger partial charge is 0.384 e. The molecule has 100 valence electrons. The van der Waals surface area contributed by atoms with Crippen LogP contribution in [0.5, 0.6) is 0 Å². The summed E-state index contributed by atoms with van der Waals surface area (Å²) in [6, 6.07) is 0. The van der Waals surface area contributed by atoms with Gasteiger partial charge in [-0.25, -0.2) is 4.79 Å². The van der Waals surface area contributed by atoms with Crippen LogP contribution in [0.25, 0.3) is 0 Å². The second kappa shape index (κ2) is 5.87. The van der Waals surface area contributed by atoms with E-state index in [2.05, 4.69) is 11.8 Å². The van der Waals surface area contributed by atoms with Crippen molar-refractivity contribution in [1.82, 2.24) is 0 Å². The molecule has 0 radical (unpaired) electrons. The third-order valence-electron chi connectivity index (χ3n) is 3.09. The van der Waals surface area contributed by atoms with Gasteiger partial charge in [-0.15, -0.1) is 0 Å². The average molecular weight is 254 g/mol. The van der Waals surface area contributed by atoms with E-state index >= 15 is 0 Å². The zero-order chi connectivity index (χ0) is 13.8. The first-order chi connectivity index (χ1) is 8.41.